The standard InChI is InChI=1S/C21H19Cl2N5O3S/c1-11(13-5-3-6-14(9-13)24-12(2)29)27-28-21-26-20(31)17(32-21)10-18(30)25-16-8-4-7-15(22)19(16)23/h3-9,17H,10H2,1-2H3,(H,24,29)(H,25,30)(H,26,28,31)/b27-11-/t17-/m1/s1. The van der Waals surface area contributed by atoms with Crippen LogP contribution in [0.1, 0.15) is 25.8 Å². The van der Waals surface area contributed by atoms with Gasteiger partial charge in [0.15, 0.2) is 5.17 Å². The zero-order chi connectivity index (χ0) is 23.3. The number of hydrogen-bond acceptors (Lipinski definition) is 6. The molecule has 2 aromatic carbocycles. The second-order valence-electron chi connectivity index (χ2n) is 6.80. The van der Waals surface area contributed by atoms with Gasteiger partial charge in [-0.25, -0.2) is 0 Å². The smallest absolute Gasteiger partial charge is 0.240 e. The summed E-state index contributed by atoms with van der Waals surface area (Å²) in [4.78, 5) is 35.8. The summed E-state index contributed by atoms with van der Waals surface area (Å²) in [5.41, 5.74) is 2.38. The lowest BCUT2D eigenvalue weighted by Gasteiger charge is -2.09. The Labute approximate surface area is 198 Å². The minimum Gasteiger partial charge on any atom is -0.326 e. The zero-order valence-electron chi connectivity index (χ0n) is 17.1. The lowest BCUT2D eigenvalue weighted by atomic mass is 10.1. The molecule has 2 aromatic rings. The zero-order valence-corrected chi connectivity index (χ0v) is 19.4. The van der Waals surface area contributed by atoms with Crippen LogP contribution in [0.3, 0.4) is 0 Å². The highest BCUT2D eigenvalue weighted by atomic mass is 35.5. The largest absolute Gasteiger partial charge is 0.326 e. The molecule has 0 spiro atoms. The molecule has 1 aliphatic heterocycles. The van der Waals surface area contributed by atoms with E-state index in [1.807, 2.05) is 6.07 Å². The van der Waals surface area contributed by atoms with Crippen LogP contribution in [-0.2, 0) is 14.4 Å². The Hall–Kier alpha value is -2.88. The maximum atomic E-state index is 12.3. The van der Waals surface area contributed by atoms with Gasteiger partial charge in [-0.15, -0.1) is 5.10 Å². The molecule has 0 aromatic heterocycles. The summed E-state index contributed by atoms with van der Waals surface area (Å²) in [6.07, 6.45) is -0.0696. The van der Waals surface area contributed by atoms with Crippen LogP contribution in [0.4, 0.5) is 11.4 Å². The van der Waals surface area contributed by atoms with Crippen LogP contribution in [-0.4, -0.2) is 33.9 Å². The van der Waals surface area contributed by atoms with Gasteiger partial charge in [-0.2, -0.15) is 5.10 Å². The quantitative estimate of drug-likeness (QED) is 0.413. The number of halogens is 2. The molecule has 0 aliphatic carbocycles. The van der Waals surface area contributed by atoms with Gasteiger partial charge < -0.3 is 16.0 Å². The fourth-order valence-electron chi connectivity index (χ4n) is 2.76. The first kappa shape index (κ1) is 23.8. The van der Waals surface area contributed by atoms with E-state index in [1.54, 1.807) is 43.3 Å². The third kappa shape index (κ3) is 6.32. The van der Waals surface area contributed by atoms with Gasteiger partial charge in [0.2, 0.25) is 17.7 Å². The van der Waals surface area contributed by atoms with Crippen molar-refractivity contribution in [3.05, 3.63) is 58.1 Å². The molecule has 11 heteroatoms. The number of anilines is 2. The van der Waals surface area contributed by atoms with Gasteiger partial charge >= 0.3 is 0 Å². The SMILES string of the molecule is CC(=O)Nc1cccc(/C(C)=N\N=C2/NC(=O)[C@@H](CC(=O)Nc3cccc(Cl)c3Cl)S2)c1. The number of nitrogens with zero attached hydrogens (tertiary/aromatic N) is 2. The molecular weight excluding hydrogens is 473 g/mol. The Balaban J connectivity index is 1.62. The first-order valence-electron chi connectivity index (χ1n) is 9.44. The highest BCUT2D eigenvalue weighted by Crippen LogP contribution is 2.30. The van der Waals surface area contributed by atoms with E-state index in [2.05, 4.69) is 26.2 Å². The molecule has 166 valence electrons. The molecular formula is C21H19Cl2N5O3S. The molecule has 1 heterocycles. The van der Waals surface area contributed by atoms with Crippen LogP contribution in [0.5, 0.6) is 0 Å². The van der Waals surface area contributed by atoms with Gasteiger partial charge in [-0.05, 0) is 36.8 Å². The molecule has 0 bridgehead atoms. The van der Waals surface area contributed by atoms with E-state index in [-0.39, 0.29) is 29.2 Å². The molecule has 8 nitrogen and oxygen atoms in total. The summed E-state index contributed by atoms with van der Waals surface area (Å²) < 4.78 is 0. The van der Waals surface area contributed by atoms with Crippen molar-refractivity contribution in [1.29, 1.82) is 0 Å². The average Bonchev–Trinajstić information content (AvgIpc) is 3.08. The number of benzene rings is 2. The third-order valence-electron chi connectivity index (χ3n) is 4.26. The molecule has 1 aliphatic rings. The molecule has 1 fully saturated rings. The minimum atomic E-state index is -0.648. The van der Waals surface area contributed by atoms with Gasteiger partial charge in [-0.1, -0.05) is 53.2 Å². The molecule has 3 amide bonds. The lowest BCUT2D eigenvalue weighted by molar-refractivity contribution is -0.122. The Kier molecular flexibility index (Phi) is 7.89. The van der Waals surface area contributed by atoms with E-state index < -0.39 is 5.25 Å². The summed E-state index contributed by atoms with van der Waals surface area (Å²) in [5, 5.41) is 16.4. The first-order valence-corrected chi connectivity index (χ1v) is 11.1. The third-order valence-corrected chi connectivity index (χ3v) is 6.16. The van der Waals surface area contributed by atoms with Crippen LogP contribution in [0.25, 0.3) is 0 Å². The van der Waals surface area contributed by atoms with E-state index in [4.69, 9.17) is 23.2 Å². The van der Waals surface area contributed by atoms with Gasteiger partial charge in [0, 0.05) is 19.0 Å². The van der Waals surface area contributed by atoms with E-state index in [1.165, 1.54) is 6.92 Å². The maximum Gasteiger partial charge on any atom is 0.240 e. The van der Waals surface area contributed by atoms with E-state index >= 15 is 0 Å². The van der Waals surface area contributed by atoms with Crippen molar-refractivity contribution in [2.24, 2.45) is 10.2 Å². The molecule has 3 rings (SSSR count). The molecule has 1 atom stereocenters. The van der Waals surface area contributed by atoms with Gasteiger partial charge in [0.05, 0.1) is 21.4 Å². The predicted octanol–water partition coefficient (Wildman–Crippen LogP) is 4.29. The summed E-state index contributed by atoms with van der Waals surface area (Å²) in [7, 11) is 0. The number of amides is 3. The first-order chi connectivity index (χ1) is 15.2. The fraction of sp³-hybridized carbons (Fsp3) is 0.190. The molecule has 0 unspecified atom stereocenters. The number of amidine groups is 1. The van der Waals surface area contributed by atoms with Crippen molar-refractivity contribution in [2.75, 3.05) is 10.6 Å². The second-order valence-corrected chi connectivity index (χ2v) is 8.78. The van der Waals surface area contributed by atoms with Crippen molar-refractivity contribution in [1.82, 2.24) is 5.32 Å². The number of carbonyl (C=O) groups excluding carboxylic acids is 3. The highest BCUT2D eigenvalue weighted by molar-refractivity contribution is 8.15. The van der Waals surface area contributed by atoms with Crippen molar-refractivity contribution < 1.29 is 14.4 Å². The van der Waals surface area contributed by atoms with Crippen LogP contribution >= 0.6 is 35.0 Å². The Morgan fingerprint density at radius 1 is 1.12 bits per heavy atom. The van der Waals surface area contributed by atoms with Crippen molar-refractivity contribution in [3.8, 4) is 0 Å². The summed E-state index contributed by atoms with van der Waals surface area (Å²) >= 11 is 13.1. The molecule has 1 saturated heterocycles. The van der Waals surface area contributed by atoms with Crippen LogP contribution < -0.4 is 16.0 Å². The number of thioether (sulfide) groups is 1. The van der Waals surface area contributed by atoms with Crippen LogP contribution in [0.15, 0.2) is 52.7 Å². The van der Waals surface area contributed by atoms with Gasteiger partial charge in [-0.3, -0.25) is 14.4 Å². The van der Waals surface area contributed by atoms with Gasteiger partial charge in [0.1, 0.15) is 5.25 Å². The van der Waals surface area contributed by atoms with E-state index in [9.17, 15) is 14.4 Å². The predicted molar refractivity (Wildman–Crippen MR) is 130 cm³/mol. The molecule has 0 radical (unpaired) electrons. The lowest BCUT2D eigenvalue weighted by Crippen LogP contribution is -2.28. The van der Waals surface area contributed by atoms with Crippen molar-refractivity contribution in [3.63, 3.8) is 0 Å². The van der Waals surface area contributed by atoms with Crippen LogP contribution in [0.2, 0.25) is 10.0 Å². The Bertz CT molecular complexity index is 1140. The Morgan fingerprint density at radius 3 is 2.62 bits per heavy atom. The van der Waals surface area contributed by atoms with Crippen molar-refractivity contribution in [2.45, 2.75) is 25.5 Å². The average molecular weight is 492 g/mol. The number of rotatable bonds is 6. The summed E-state index contributed by atoms with van der Waals surface area (Å²) in [5.74, 6) is -0.881. The number of carbonyl (C=O) groups is 3. The highest BCUT2D eigenvalue weighted by Gasteiger charge is 2.32. The topological polar surface area (TPSA) is 112 Å². The monoisotopic (exact) mass is 491 g/mol. The summed E-state index contributed by atoms with van der Waals surface area (Å²) in [6.45, 7) is 3.19. The number of hydrogen-bond donors (Lipinski definition) is 3. The minimum absolute atomic E-state index is 0.0696. The van der Waals surface area contributed by atoms with Crippen molar-refractivity contribution >= 4 is 74.9 Å². The number of nitrogens with one attached hydrogen (secondary N) is 3. The molecule has 3 N–H and O–H groups in total. The molecule has 0 saturated carbocycles. The Morgan fingerprint density at radius 2 is 1.88 bits per heavy atom. The van der Waals surface area contributed by atoms with E-state index in [0.29, 0.717) is 27.3 Å². The van der Waals surface area contributed by atoms with E-state index in [0.717, 1.165) is 17.3 Å². The normalized spacial score (nSPS) is 17.2. The van der Waals surface area contributed by atoms with Gasteiger partial charge in [0.25, 0.3) is 0 Å². The second kappa shape index (κ2) is 10.6. The molecule has 32 heavy (non-hydrogen) atoms. The maximum absolute atomic E-state index is 12.3. The summed E-state index contributed by atoms with van der Waals surface area (Å²) in [6, 6.07) is 12.1. The fourth-order valence-corrected chi connectivity index (χ4v) is 4.03. The van der Waals surface area contributed by atoms with Crippen LogP contribution in [0, 0.1) is 0 Å².